The second kappa shape index (κ2) is 9.39. The summed E-state index contributed by atoms with van der Waals surface area (Å²) in [5.74, 6) is 1.15. The zero-order valence-corrected chi connectivity index (χ0v) is 18.1. The highest BCUT2D eigenvalue weighted by Gasteiger charge is 2.18. The summed E-state index contributed by atoms with van der Waals surface area (Å²) in [5.41, 5.74) is 3.02. The molecule has 0 radical (unpaired) electrons. The number of rotatable bonds is 9. The summed E-state index contributed by atoms with van der Waals surface area (Å²) in [6.07, 6.45) is 1.62. The maximum Gasteiger partial charge on any atom is 0.387 e. The molecule has 0 spiro atoms. The minimum Gasteiger partial charge on any atom is -0.467 e. The average molecular weight is 459 g/mol. The Kier molecular flexibility index (Phi) is 6.40. The summed E-state index contributed by atoms with van der Waals surface area (Å²) < 4.78 is 41.9. The Morgan fingerprint density at radius 2 is 1.97 bits per heavy atom. The second-order valence-corrected chi connectivity index (χ2v) is 7.86. The van der Waals surface area contributed by atoms with Crippen LogP contribution >= 0.6 is 11.8 Å². The van der Waals surface area contributed by atoms with Crippen molar-refractivity contribution >= 4 is 17.5 Å². The number of carbonyl (C=O) groups excluding carboxylic acids is 1. The van der Waals surface area contributed by atoms with Crippen LogP contribution in [0.25, 0.3) is 11.5 Å². The normalized spacial score (nSPS) is 11.3. The molecule has 4 aromatic rings. The first-order valence-electron chi connectivity index (χ1n) is 9.64. The fraction of sp³-hybridized carbons (Fsp3) is 0.227. The lowest BCUT2D eigenvalue weighted by Gasteiger charge is -2.07. The predicted molar refractivity (Wildman–Crippen MR) is 113 cm³/mol. The standard InChI is InChI=1S/C22H19F2N3O4S/c1-13-10-18(14(2)27(13)11-17-4-3-9-29-17)19(28)12-32-22-26-25-20(31-22)15-5-7-16(8-6-15)30-21(23)24/h3-10,21H,11-12H2,1-2H3. The number of alkyl halides is 2. The molecule has 0 aliphatic rings. The lowest BCUT2D eigenvalue weighted by atomic mass is 10.2. The number of furan rings is 1. The molecule has 0 amide bonds. The molecular weight excluding hydrogens is 440 g/mol. The van der Waals surface area contributed by atoms with Crippen molar-refractivity contribution in [3.05, 3.63) is 71.4 Å². The van der Waals surface area contributed by atoms with Crippen molar-refractivity contribution in [3.63, 3.8) is 0 Å². The average Bonchev–Trinajstić information content (AvgIpc) is 3.50. The van der Waals surface area contributed by atoms with Crippen LogP contribution < -0.4 is 4.74 Å². The van der Waals surface area contributed by atoms with Gasteiger partial charge in [0.2, 0.25) is 5.89 Å². The highest BCUT2D eigenvalue weighted by Crippen LogP contribution is 2.27. The van der Waals surface area contributed by atoms with E-state index in [0.717, 1.165) is 28.9 Å². The second-order valence-electron chi connectivity index (χ2n) is 6.94. The highest BCUT2D eigenvalue weighted by molar-refractivity contribution is 7.99. The van der Waals surface area contributed by atoms with Crippen LogP contribution in [0.4, 0.5) is 8.78 Å². The van der Waals surface area contributed by atoms with E-state index in [4.69, 9.17) is 8.83 Å². The Hall–Kier alpha value is -3.40. The van der Waals surface area contributed by atoms with Crippen molar-refractivity contribution in [2.24, 2.45) is 0 Å². The zero-order chi connectivity index (χ0) is 22.7. The molecule has 1 aromatic carbocycles. The van der Waals surface area contributed by atoms with Crippen LogP contribution in [-0.4, -0.2) is 32.9 Å². The molecule has 0 aliphatic heterocycles. The quantitative estimate of drug-likeness (QED) is 0.246. The summed E-state index contributed by atoms with van der Waals surface area (Å²) in [6.45, 7) is 1.51. The van der Waals surface area contributed by atoms with Crippen molar-refractivity contribution in [1.29, 1.82) is 0 Å². The van der Waals surface area contributed by atoms with Crippen LogP contribution in [-0.2, 0) is 6.54 Å². The minimum atomic E-state index is -2.89. The molecule has 10 heteroatoms. The monoisotopic (exact) mass is 459 g/mol. The highest BCUT2D eigenvalue weighted by atomic mass is 32.2. The number of benzene rings is 1. The number of ketones is 1. The van der Waals surface area contributed by atoms with Gasteiger partial charge in [0.05, 0.1) is 18.6 Å². The Balaban J connectivity index is 1.39. The predicted octanol–water partition coefficient (Wildman–Crippen LogP) is 5.37. The van der Waals surface area contributed by atoms with E-state index in [1.54, 1.807) is 18.4 Å². The molecule has 32 heavy (non-hydrogen) atoms. The van der Waals surface area contributed by atoms with E-state index in [-0.39, 0.29) is 28.4 Å². The third-order valence-corrected chi connectivity index (χ3v) is 5.65. The third-order valence-electron chi connectivity index (χ3n) is 4.83. The van der Waals surface area contributed by atoms with Crippen molar-refractivity contribution < 1.29 is 27.1 Å². The van der Waals surface area contributed by atoms with Gasteiger partial charge in [-0.3, -0.25) is 4.79 Å². The van der Waals surface area contributed by atoms with Crippen LogP contribution in [0.5, 0.6) is 5.75 Å². The molecule has 0 fully saturated rings. The number of aromatic nitrogens is 3. The number of aryl methyl sites for hydroxylation is 1. The fourth-order valence-electron chi connectivity index (χ4n) is 3.25. The van der Waals surface area contributed by atoms with E-state index in [0.29, 0.717) is 17.7 Å². The molecule has 0 unspecified atom stereocenters. The first-order chi connectivity index (χ1) is 15.4. The molecule has 3 aromatic heterocycles. The molecule has 3 heterocycles. The van der Waals surface area contributed by atoms with Gasteiger partial charge in [0.1, 0.15) is 11.5 Å². The largest absolute Gasteiger partial charge is 0.467 e. The number of thioether (sulfide) groups is 1. The van der Waals surface area contributed by atoms with Crippen molar-refractivity contribution in [1.82, 2.24) is 14.8 Å². The molecule has 4 rings (SSSR count). The van der Waals surface area contributed by atoms with E-state index >= 15 is 0 Å². The summed E-state index contributed by atoms with van der Waals surface area (Å²) >= 11 is 1.14. The zero-order valence-electron chi connectivity index (χ0n) is 17.2. The van der Waals surface area contributed by atoms with Gasteiger partial charge in [0.25, 0.3) is 5.22 Å². The smallest absolute Gasteiger partial charge is 0.387 e. The van der Waals surface area contributed by atoms with Gasteiger partial charge in [0, 0.05) is 22.5 Å². The number of nitrogens with zero attached hydrogens (tertiary/aromatic N) is 3. The van der Waals surface area contributed by atoms with Gasteiger partial charge in [0.15, 0.2) is 5.78 Å². The Morgan fingerprint density at radius 1 is 1.19 bits per heavy atom. The Morgan fingerprint density at radius 3 is 2.66 bits per heavy atom. The van der Waals surface area contributed by atoms with Crippen LogP contribution in [0.2, 0.25) is 0 Å². The maximum absolute atomic E-state index is 12.8. The lowest BCUT2D eigenvalue weighted by molar-refractivity contribution is -0.0498. The summed E-state index contributed by atoms with van der Waals surface area (Å²) in [5, 5.41) is 8.14. The van der Waals surface area contributed by atoms with Crippen molar-refractivity contribution in [2.75, 3.05) is 5.75 Å². The molecule has 0 saturated heterocycles. The molecule has 0 saturated carbocycles. The van der Waals surface area contributed by atoms with Crippen LogP contribution in [0, 0.1) is 13.8 Å². The van der Waals surface area contributed by atoms with E-state index in [9.17, 15) is 13.6 Å². The summed E-state index contributed by atoms with van der Waals surface area (Å²) in [7, 11) is 0. The maximum atomic E-state index is 12.8. The van der Waals surface area contributed by atoms with Crippen LogP contribution in [0.3, 0.4) is 0 Å². The molecule has 0 atom stereocenters. The van der Waals surface area contributed by atoms with E-state index < -0.39 is 6.61 Å². The van der Waals surface area contributed by atoms with Gasteiger partial charge in [-0.1, -0.05) is 11.8 Å². The third kappa shape index (κ3) is 4.91. The van der Waals surface area contributed by atoms with Crippen LogP contribution in [0.15, 0.2) is 62.8 Å². The molecule has 7 nitrogen and oxygen atoms in total. The molecular formula is C22H19F2N3O4S. The van der Waals surface area contributed by atoms with Gasteiger partial charge in [-0.25, -0.2) is 0 Å². The SMILES string of the molecule is Cc1cc(C(=O)CSc2nnc(-c3ccc(OC(F)F)cc3)o2)c(C)n1Cc1ccco1. The fourth-order valence-corrected chi connectivity index (χ4v) is 3.90. The summed E-state index contributed by atoms with van der Waals surface area (Å²) in [6, 6.07) is 11.4. The molecule has 0 N–H and O–H groups in total. The Bertz CT molecular complexity index is 1200. The van der Waals surface area contributed by atoms with Crippen molar-refractivity contribution in [3.8, 4) is 17.2 Å². The van der Waals surface area contributed by atoms with Gasteiger partial charge >= 0.3 is 6.61 Å². The van der Waals surface area contributed by atoms with E-state index in [1.165, 1.54) is 12.1 Å². The Labute approximate surface area is 186 Å². The molecule has 166 valence electrons. The minimum absolute atomic E-state index is 0.0353. The van der Waals surface area contributed by atoms with Crippen molar-refractivity contribution in [2.45, 2.75) is 32.2 Å². The molecule has 0 aliphatic carbocycles. The summed E-state index contributed by atoms with van der Waals surface area (Å²) in [4.78, 5) is 12.8. The number of halogens is 2. The first-order valence-corrected chi connectivity index (χ1v) is 10.6. The van der Waals surface area contributed by atoms with E-state index in [2.05, 4.69) is 14.9 Å². The number of hydrogen-bond acceptors (Lipinski definition) is 7. The van der Waals surface area contributed by atoms with Gasteiger partial charge in [-0.2, -0.15) is 8.78 Å². The van der Waals surface area contributed by atoms with Crippen LogP contribution in [0.1, 0.15) is 27.5 Å². The first kappa shape index (κ1) is 21.8. The lowest BCUT2D eigenvalue weighted by Crippen LogP contribution is -2.07. The van der Waals surface area contributed by atoms with Gasteiger partial charge in [-0.05, 0) is 56.3 Å². The number of hydrogen-bond donors (Lipinski definition) is 0. The topological polar surface area (TPSA) is 83.3 Å². The molecule has 0 bridgehead atoms. The number of carbonyl (C=O) groups is 1. The number of ether oxygens (including phenoxy) is 1. The van der Waals surface area contributed by atoms with Gasteiger partial charge < -0.3 is 18.1 Å². The number of Topliss-reactive ketones (excluding diaryl/α,β-unsaturated/α-hetero) is 1. The van der Waals surface area contributed by atoms with Gasteiger partial charge in [-0.15, -0.1) is 10.2 Å². The van der Waals surface area contributed by atoms with E-state index in [1.807, 2.05) is 36.6 Å².